The summed E-state index contributed by atoms with van der Waals surface area (Å²) < 4.78 is 22.3. The predicted octanol–water partition coefficient (Wildman–Crippen LogP) is 2.04. The number of benzene rings is 1. The molecule has 1 aromatic carbocycles. The minimum Gasteiger partial charge on any atom is -0.458 e. The Morgan fingerprint density at radius 1 is 1.24 bits per heavy atom. The topological polar surface area (TPSA) is 54.0 Å². The molecule has 0 radical (unpaired) electrons. The van der Waals surface area contributed by atoms with E-state index in [1.54, 1.807) is 13.8 Å². The number of carbonyl (C=O) groups is 1. The molecule has 0 unspecified atom stereocenters. The molecular weight excluding hydrogens is 272 g/mol. The molecule has 5 heteroatoms. The molecule has 2 heterocycles. The van der Waals surface area contributed by atoms with E-state index in [1.165, 1.54) is 0 Å². The smallest absolute Gasteiger partial charge is 0.338 e. The molecule has 2 aliphatic heterocycles. The van der Waals surface area contributed by atoms with E-state index in [2.05, 4.69) is 0 Å². The molecule has 0 bridgehead atoms. The van der Waals surface area contributed by atoms with Crippen LogP contribution in [-0.2, 0) is 30.3 Å². The SMILES string of the molecule is CC1(C)O[C@@H]2C[C@@H](COCc3ccccc3)OC(=O)[C@@H]2O1. The molecule has 0 aliphatic carbocycles. The standard InChI is InChI=1S/C16H20O5/c1-16(2)20-13-8-12(19-15(17)14(13)21-16)10-18-9-11-6-4-3-5-7-11/h3-7,12-14H,8-10H2,1-2H3/t12-,13+,14+/m0/s1. The molecule has 0 N–H and O–H groups in total. The van der Waals surface area contributed by atoms with E-state index in [0.29, 0.717) is 19.6 Å². The number of rotatable bonds is 4. The quantitative estimate of drug-likeness (QED) is 0.795. The fourth-order valence-electron chi connectivity index (χ4n) is 2.73. The van der Waals surface area contributed by atoms with Gasteiger partial charge in [0.05, 0.1) is 13.2 Å². The summed E-state index contributed by atoms with van der Waals surface area (Å²) in [6.45, 7) is 4.48. The summed E-state index contributed by atoms with van der Waals surface area (Å²) >= 11 is 0. The summed E-state index contributed by atoms with van der Waals surface area (Å²) in [6.07, 6.45) is -0.522. The molecule has 3 rings (SSSR count). The normalized spacial score (nSPS) is 30.8. The zero-order valence-electron chi connectivity index (χ0n) is 12.3. The van der Waals surface area contributed by atoms with Gasteiger partial charge in [0.2, 0.25) is 0 Å². The van der Waals surface area contributed by atoms with Crippen LogP contribution in [0.25, 0.3) is 0 Å². The first-order valence-electron chi connectivity index (χ1n) is 7.21. The Bertz CT molecular complexity index is 499. The van der Waals surface area contributed by atoms with Crippen molar-refractivity contribution in [3.8, 4) is 0 Å². The first kappa shape index (κ1) is 14.5. The van der Waals surface area contributed by atoms with Gasteiger partial charge in [0.25, 0.3) is 0 Å². The van der Waals surface area contributed by atoms with Gasteiger partial charge >= 0.3 is 5.97 Å². The summed E-state index contributed by atoms with van der Waals surface area (Å²) in [5.74, 6) is -1.08. The van der Waals surface area contributed by atoms with Crippen molar-refractivity contribution in [1.29, 1.82) is 0 Å². The first-order valence-corrected chi connectivity index (χ1v) is 7.21. The molecule has 0 aromatic heterocycles. The molecule has 3 atom stereocenters. The summed E-state index contributed by atoms with van der Waals surface area (Å²) in [6, 6.07) is 9.90. The molecule has 0 amide bonds. The minimum atomic E-state index is -0.728. The van der Waals surface area contributed by atoms with E-state index in [-0.39, 0.29) is 18.2 Å². The van der Waals surface area contributed by atoms with Crippen LogP contribution in [0.4, 0.5) is 0 Å². The molecule has 2 saturated heterocycles. The number of hydrogen-bond donors (Lipinski definition) is 0. The van der Waals surface area contributed by atoms with Crippen molar-refractivity contribution in [1.82, 2.24) is 0 Å². The second-order valence-corrected chi connectivity index (χ2v) is 5.89. The minimum absolute atomic E-state index is 0.244. The number of hydrogen-bond acceptors (Lipinski definition) is 5. The third-order valence-electron chi connectivity index (χ3n) is 3.61. The predicted molar refractivity (Wildman–Crippen MR) is 74.4 cm³/mol. The zero-order chi connectivity index (χ0) is 14.9. The van der Waals surface area contributed by atoms with Gasteiger partial charge < -0.3 is 18.9 Å². The van der Waals surface area contributed by atoms with Crippen molar-refractivity contribution in [3.05, 3.63) is 35.9 Å². The Hall–Kier alpha value is -1.43. The average Bonchev–Trinajstić information content (AvgIpc) is 2.75. The third-order valence-corrected chi connectivity index (χ3v) is 3.61. The first-order chi connectivity index (χ1) is 10.0. The van der Waals surface area contributed by atoms with E-state index in [4.69, 9.17) is 18.9 Å². The van der Waals surface area contributed by atoms with E-state index in [9.17, 15) is 4.79 Å². The Kier molecular flexibility index (Phi) is 3.97. The Balaban J connectivity index is 1.50. The van der Waals surface area contributed by atoms with Crippen LogP contribution in [-0.4, -0.2) is 36.7 Å². The fraction of sp³-hybridized carbons (Fsp3) is 0.562. The second kappa shape index (κ2) is 5.75. The van der Waals surface area contributed by atoms with Gasteiger partial charge in [-0.05, 0) is 19.4 Å². The summed E-state index contributed by atoms with van der Waals surface area (Å²) in [4.78, 5) is 11.9. The number of cyclic esters (lactones) is 1. The largest absolute Gasteiger partial charge is 0.458 e. The summed E-state index contributed by atoms with van der Waals surface area (Å²) in [7, 11) is 0. The highest BCUT2D eigenvalue weighted by atomic mass is 16.8. The maximum atomic E-state index is 11.9. The average molecular weight is 292 g/mol. The highest BCUT2D eigenvalue weighted by Crippen LogP contribution is 2.34. The van der Waals surface area contributed by atoms with Gasteiger partial charge in [-0.1, -0.05) is 30.3 Å². The second-order valence-electron chi connectivity index (χ2n) is 5.89. The fourth-order valence-corrected chi connectivity index (χ4v) is 2.73. The maximum absolute atomic E-state index is 11.9. The van der Waals surface area contributed by atoms with Crippen molar-refractivity contribution in [2.24, 2.45) is 0 Å². The number of esters is 1. The van der Waals surface area contributed by atoms with Crippen LogP contribution < -0.4 is 0 Å². The third kappa shape index (κ3) is 3.43. The Morgan fingerprint density at radius 3 is 2.76 bits per heavy atom. The molecule has 114 valence electrons. The molecule has 2 aliphatic rings. The summed E-state index contributed by atoms with van der Waals surface area (Å²) in [5.41, 5.74) is 1.10. The van der Waals surface area contributed by atoms with E-state index < -0.39 is 11.9 Å². The Labute approximate surface area is 124 Å². The Morgan fingerprint density at radius 2 is 2.00 bits per heavy atom. The van der Waals surface area contributed by atoms with Crippen molar-refractivity contribution in [2.75, 3.05) is 6.61 Å². The van der Waals surface area contributed by atoms with Crippen molar-refractivity contribution >= 4 is 5.97 Å². The van der Waals surface area contributed by atoms with Crippen LogP contribution in [0.15, 0.2) is 30.3 Å². The van der Waals surface area contributed by atoms with Gasteiger partial charge in [-0.2, -0.15) is 0 Å². The van der Waals surface area contributed by atoms with Gasteiger partial charge in [0, 0.05) is 6.42 Å². The van der Waals surface area contributed by atoms with Crippen LogP contribution in [0.3, 0.4) is 0 Å². The zero-order valence-corrected chi connectivity index (χ0v) is 12.3. The van der Waals surface area contributed by atoms with Crippen LogP contribution in [0.5, 0.6) is 0 Å². The van der Waals surface area contributed by atoms with Gasteiger partial charge in [-0.3, -0.25) is 0 Å². The summed E-state index contributed by atoms with van der Waals surface area (Å²) in [5, 5.41) is 0. The number of fused-ring (bicyclic) bond motifs is 1. The molecule has 21 heavy (non-hydrogen) atoms. The van der Waals surface area contributed by atoms with Crippen LogP contribution in [0.1, 0.15) is 25.8 Å². The van der Waals surface area contributed by atoms with Gasteiger partial charge in [0.15, 0.2) is 11.9 Å². The lowest BCUT2D eigenvalue weighted by Gasteiger charge is -2.28. The van der Waals surface area contributed by atoms with Crippen LogP contribution in [0, 0.1) is 0 Å². The lowest BCUT2D eigenvalue weighted by molar-refractivity contribution is -0.177. The van der Waals surface area contributed by atoms with Gasteiger partial charge in [-0.25, -0.2) is 4.79 Å². The van der Waals surface area contributed by atoms with Crippen molar-refractivity contribution < 1.29 is 23.7 Å². The van der Waals surface area contributed by atoms with Gasteiger partial charge in [-0.15, -0.1) is 0 Å². The van der Waals surface area contributed by atoms with Crippen molar-refractivity contribution in [2.45, 2.75) is 51.0 Å². The van der Waals surface area contributed by atoms with E-state index in [0.717, 1.165) is 5.56 Å². The maximum Gasteiger partial charge on any atom is 0.338 e. The lowest BCUT2D eigenvalue weighted by Crippen LogP contribution is -2.45. The molecular formula is C16H20O5. The monoisotopic (exact) mass is 292 g/mol. The number of carbonyl (C=O) groups excluding carboxylic acids is 1. The molecule has 2 fully saturated rings. The molecule has 1 aromatic rings. The van der Waals surface area contributed by atoms with E-state index >= 15 is 0 Å². The highest BCUT2D eigenvalue weighted by molar-refractivity contribution is 5.76. The van der Waals surface area contributed by atoms with E-state index in [1.807, 2.05) is 30.3 Å². The molecule has 0 spiro atoms. The van der Waals surface area contributed by atoms with Crippen molar-refractivity contribution in [3.63, 3.8) is 0 Å². The molecule has 5 nitrogen and oxygen atoms in total. The number of ether oxygens (including phenoxy) is 4. The van der Waals surface area contributed by atoms with Crippen LogP contribution >= 0.6 is 0 Å². The van der Waals surface area contributed by atoms with Gasteiger partial charge in [0.1, 0.15) is 12.2 Å². The highest BCUT2D eigenvalue weighted by Gasteiger charge is 2.50. The molecule has 0 saturated carbocycles. The lowest BCUT2D eigenvalue weighted by atomic mass is 10.0. The van der Waals surface area contributed by atoms with Crippen LogP contribution in [0.2, 0.25) is 0 Å².